The van der Waals surface area contributed by atoms with Crippen LogP contribution >= 0.6 is 0 Å². The Morgan fingerprint density at radius 2 is 1.59 bits per heavy atom. The third-order valence-electron chi connectivity index (χ3n) is 4.74. The van der Waals surface area contributed by atoms with Crippen LogP contribution < -0.4 is 0 Å². The summed E-state index contributed by atoms with van der Waals surface area (Å²) >= 11 is 0. The van der Waals surface area contributed by atoms with Crippen molar-refractivity contribution in [3.63, 3.8) is 0 Å². The molecule has 116 valence electrons. The number of rotatable bonds is 5. The molecule has 3 rings (SSSR count). The van der Waals surface area contributed by atoms with Crippen molar-refractivity contribution in [1.82, 2.24) is 4.57 Å². The standard InChI is InChI=1S/C20H25NO/c22-20(18-11-5-2-6-12-18)14-13-19(21-15-7-8-16-21)17-9-3-1-4-10-17/h2,5-8,11-17,19-20,22H,1,3-4,9-10H2/b14-13+. The number of nitrogens with zero attached hydrogens (tertiary/aromatic N) is 1. The van der Waals surface area contributed by atoms with Crippen LogP contribution in [0.15, 0.2) is 67.0 Å². The topological polar surface area (TPSA) is 25.2 Å². The molecular weight excluding hydrogens is 270 g/mol. The number of hydrogen-bond acceptors (Lipinski definition) is 1. The van der Waals surface area contributed by atoms with Crippen LogP contribution in [0.3, 0.4) is 0 Å². The minimum absolute atomic E-state index is 0.355. The molecule has 1 aliphatic rings. The highest BCUT2D eigenvalue weighted by Gasteiger charge is 2.22. The molecule has 0 saturated heterocycles. The second-order valence-corrected chi connectivity index (χ2v) is 6.26. The van der Waals surface area contributed by atoms with Crippen molar-refractivity contribution in [2.24, 2.45) is 5.92 Å². The van der Waals surface area contributed by atoms with Gasteiger partial charge in [-0.2, -0.15) is 0 Å². The first-order valence-electron chi connectivity index (χ1n) is 8.38. The Balaban J connectivity index is 1.76. The summed E-state index contributed by atoms with van der Waals surface area (Å²) in [5.41, 5.74) is 0.952. The summed E-state index contributed by atoms with van der Waals surface area (Å²) in [6.07, 6.45) is 14.5. The molecule has 0 spiro atoms. The molecule has 0 radical (unpaired) electrons. The van der Waals surface area contributed by atoms with Gasteiger partial charge in [-0.25, -0.2) is 0 Å². The molecule has 1 aliphatic carbocycles. The lowest BCUT2D eigenvalue weighted by molar-refractivity contribution is 0.225. The fourth-order valence-corrected chi connectivity index (χ4v) is 3.50. The fourth-order valence-electron chi connectivity index (χ4n) is 3.50. The third-order valence-corrected chi connectivity index (χ3v) is 4.74. The molecule has 1 aromatic heterocycles. The first-order valence-corrected chi connectivity index (χ1v) is 8.38. The van der Waals surface area contributed by atoms with Crippen molar-refractivity contribution >= 4 is 0 Å². The lowest BCUT2D eigenvalue weighted by Crippen LogP contribution is -2.19. The number of allylic oxidation sites excluding steroid dienone is 1. The van der Waals surface area contributed by atoms with Crippen LogP contribution in [-0.2, 0) is 0 Å². The van der Waals surface area contributed by atoms with Gasteiger partial charge < -0.3 is 9.67 Å². The van der Waals surface area contributed by atoms with Gasteiger partial charge in [0.2, 0.25) is 0 Å². The Hall–Kier alpha value is -1.80. The van der Waals surface area contributed by atoms with E-state index in [2.05, 4.69) is 35.2 Å². The van der Waals surface area contributed by atoms with Crippen LogP contribution in [-0.4, -0.2) is 9.67 Å². The Morgan fingerprint density at radius 1 is 0.909 bits per heavy atom. The Labute approximate surface area is 133 Å². The smallest absolute Gasteiger partial charge is 0.0972 e. The fraction of sp³-hybridized carbons (Fsp3) is 0.400. The van der Waals surface area contributed by atoms with Crippen molar-refractivity contribution < 1.29 is 5.11 Å². The van der Waals surface area contributed by atoms with Crippen molar-refractivity contribution in [3.05, 3.63) is 72.6 Å². The third kappa shape index (κ3) is 3.69. The van der Waals surface area contributed by atoms with Gasteiger partial charge >= 0.3 is 0 Å². The predicted octanol–water partition coefficient (Wildman–Crippen LogP) is 4.90. The highest BCUT2D eigenvalue weighted by molar-refractivity contribution is 5.21. The molecule has 22 heavy (non-hydrogen) atoms. The van der Waals surface area contributed by atoms with Crippen LogP contribution in [0.25, 0.3) is 0 Å². The molecular formula is C20H25NO. The van der Waals surface area contributed by atoms with E-state index < -0.39 is 6.10 Å². The molecule has 0 amide bonds. The number of aromatic nitrogens is 1. The molecule has 2 heteroatoms. The van der Waals surface area contributed by atoms with E-state index in [1.54, 1.807) is 0 Å². The number of aliphatic hydroxyl groups is 1. The number of hydrogen-bond donors (Lipinski definition) is 1. The molecule has 1 saturated carbocycles. The van der Waals surface area contributed by atoms with E-state index >= 15 is 0 Å². The molecule has 2 aromatic rings. The van der Waals surface area contributed by atoms with Crippen LogP contribution in [0.2, 0.25) is 0 Å². The second kappa shape index (κ2) is 7.46. The maximum absolute atomic E-state index is 10.4. The summed E-state index contributed by atoms with van der Waals surface area (Å²) in [5, 5.41) is 10.4. The summed E-state index contributed by atoms with van der Waals surface area (Å²) in [5.74, 6) is 0.681. The van der Waals surface area contributed by atoms with Crippen molar-refractivity contribution in [2.75, 3.05) is 0 Å². The van der Waals surface area contributed by atoms with E-state index in [1.165, 1.54) is 32.1 Å². The monoisotopic (exact) mass is 295 g/mol. The normalized spacial score (nSPS) is 19.3. The lowest BCUT2D eigenvalue weighted by Gasteiger charge is -2.29. The van der Waals surface area contributed by atoms with Crippen molar-refractivity contribution in [1.29, 1.82) is 0 Å². The summed E-state index contributed by atoms with van der Waals surface area (Å²) in [7, 11) is 0. The summed E-state index contributed by atoms with van der Waals surface area (Å²) < 4.78 is 2.28. The van der Waals surface area contributed by atoms with Gasteiger partial charge in [0.1, 0.15) is 0 Å². The maximum Gasteiger partial charge on any atom is 0.0972 e. The molecule has 2 atom stereocenters. The summed E-state index contributed by atoms with van der Waals surface area (Å²) in [4.78, 5) is 0. The summed E-state index contributed by atoms with van der Waals surface area (Å²) in [6.45, 7) is 0. The van der Waals surface area contributed by atoms with Gasteiger partial charge in [0.05, 0.1) is 12.1 Å². The Morgan fingerprint density at radius 3 is 2.27 bits per heavy atom. The zero-order valence-electron chi connectivity index (χ0n) is 13.0. The van der Waals surface area contributed by atoms with Gasteiger partial charge in [0.25, 0.3) is 0 Å². The molecule has 2 nitrogen and oxygen atoms in total. The molecule has 2 unspecified atom stereocenters. The average Bonchev–Trinajstić information content (AvgIpc) is 3.11. The van der Waals surface area contributed by atoms with E-state index in [4.69, 9.17) is 0 Å². The van der Waals surface area contributed by atoms with E-state index in [1.807, 2.05) is 36.4 Å². The molecule has 0 bridgehead atoms. The quantitative estimate of drug-likeness (QED) is 0.780. The predicted molar refractivity (Wildman–Crippen MR) is 90.6 cm³/mol. The zero-order valence-corrected chi connectivity index (χ0v) is 13.0. The van der Waals surface area contributed by atoms with Gasteiger partial charge in [0.15, 0.2) is 0 Å². The second-order valence-electron chi connectivity index (χ2n) is 6.26. The highest BCUT2D eigenvalue weighted by atomic mass is 16.3. The van der Waals surface area contributed by atoms with Gasteiger partial charge in [-0.1, -0.05) is 61.7 Å². The molecule has 1 aromatic carbocycles. The minimum Gasteiger partial charge on any atom is -0.384 e. The Kier molecular flexibility index (Phi) is 5.12. The zero-order chi connectivity index (χ0) is 15.2. The van der Waals surface area contributed by atoms with Gasteiger partial charge in [-0.05, 0) is 36.5 Å². The largest absolute Gasteiger partial charge is 0.384 e. The summed E-state index contributed by atoms with van der Waals surface area (Å²) in [6, 6.07) is 14.4. The van der Waals surface area contributed by atoms with E-state index in [9.17, 15) is 5.11 Å². The average molecular weight is 295 g/mol. The van der Waals surface area contributed by atoms with Crippen LogP contribution in [0, 0.1) is 5.92 Å². The van der Waals surface area contributed by atoms with Gasteiger partial charge in [-0.3, -0.25) is 0 Å². The van der Waals surface area contributed by atoms with Crippen LogP contribution in [0.4, 0.5) is 0 Å². The van der Waals surface area contributed by atoms with Crippen LogP contribution in [0.1, 0.15) is 49.8 Å². The number of benzene rings is 1. The molecule has 0 aliphatic heterocycles. The van der Waals surface area contributed by atoms with E-state index in [-0.39, 0.29) is 0 Å². The highest BCUT2D eigenvalue weighted by Crippen LogP contribution is 2.34. The first kappa shape index (κ1) is 15.1. The molecule has 1 fully saturated rings. The molecule has 1 N–H and O–H groups in total. The van der Waals surface area contributed by atoms with E-state index in [0.29, 0.717) is 12.0 Å². The van der Waals surface area contributed by atoms with Gasteiger partial charge in [0, 0.05) is 12.4 Å². The van der Waals surface area contributed by atoms with Crippen LogP contribution in [0.5, 0.6) is 0 Å². The van der Waals surface area contributed by atoms with Gasteiger partial charge in [-0.15, -0.1) is 0 Å². The van der Waals surface area contributed by atoms with Crippen molar-refractivity contribution in [3.8, 4) is 0 Å². The first-order chi connectivity index (χ1) is 10.8. The minimum atomic E-state index is -0.525. The maximum atomic E-state index is 10.4. The SMILES string of the molecule is OC(/C=C/C(C1CCCCC1)n1cccc1)c1ccccc1. The number of aliphatic hydroxyl groups excluding tert-OH is 1. The molecule has 1 heterocycles. The van der Waals surface area contributed by atoms with Crippen molar-refractivity contribution in [2.45, 2.75) is 44.2 Å². The van der Waals surface area contributed by atoms with E-state index in [0.717, 1.165) is 5.56 Å². The Bertz CT molecular complexity index is 567. The lowest BCUT2D eigenvalue weighted by atomic mass is 9.83.